The van der Waals surface area contributed by atoms with E-state index in [4.69, 9.17) is 0 Å². The molecule has 2 amide bonds. The molecule has 0 spiro atoms. The van der Waals surface area contributed by atoms with E-state index in [2.05, 4.69) is 4.74 Å². The number of hydrogen-bond acceptors (Lipinski definition) is 5. The van der Waals surface area contributed by atoms with E-state index in [9.17, 15) is 22.4 Å². The molecule has 0 radical (unpaired) electrons. The molecular formula is C14H15FN2O5S. The zero-order valence-corrected chi connectivity index (χ0v) is 13.2. The number of sulfonamides is 1. The monoisotopic (exact) mass is 342 g/mol. The van der Waals surface area contributed by atoms with Crippen LogP contribution in [0.1, 0.15) is 12.0 Å². The molecule has 1 atom stereocenters. The first-order valence-electron chi connectivity index (χ1n) is 7.06. The largest absolute Gasteiger partial charge is 0.439 e. The van der Waals surface area contributed by atoms with Gasteiger partial charge in [-0.2, -0.15) is 4.31 Å². The van der Waals surface area contributed by atoms with Crippen molar-refractivity contribution in [1.82, 2.24) is 9.21 Å². The fourth-order valence-electron chi connectivity index (χ4n) is 2.90. The zero-order valence-electron chi connectivity index (χ0n) is 12.4. The first-order chi connectivity index (χ1) is 10.8. The van der Waals surface area contributed by atoms with Crippen LogP contribution in [0.3, 0.4) is 0 Å². The Morgan fingerprint density at radius 1 is 1.30 bits per heavy atom. The van der Waals surface area contributed by atoms with Crippen molar-refractivity contribution in [2.24, 2.45) is 0 Å². The lowest BCUT2D eigenvalue weighted by Gasteiger charge is -2.21. The molecule has 7 nitrogen and oxygen atoms in total. The molecule has 0 bridgehead atoms. The van der Waals surface area contributed by atoms with Crippen molar-refractivity contribution in [3.63, 3.8) is 0 Å². The summed E-state index contributed by atoms with van der Waals surface area (Å²) in [7, 11) is -3.81. The molecule has 1 aromatic carbocycles. The maximum atomic E-state index is 13.2. The number of benzene rings is 1. The van der Waals surface area contributed by atoms with E-state index in [1.807, 2.05) is 0 Å². The minimum absolute atomic E-state index is 0.0139. The van der Waals surface area contributed by atoms with E-state index >= 15 is 0 Å². The van der Waals surface area contributed by atoms with E-state index in [0.717, 1.165) is 17.0 Å². The van der Waals surface area contributed by atoms with Crippen molar-refractivity contribution in [2.75, 3.05) is 19.7 Å². The maximum Gasteiger partial charge on any atom is 0.417 e. The molecule has 23 heavy (non-hydrogen) atoms. The lowest BCUT2D eigenvalue weighted by atomic mass is 10.2. The van der Waals surface area contributed by atoms with E-state index in [1.54, 1.807) is 0 Å². The summed E-state index contributed by atoms with van der Waals surface area (Å²) in [5, 5.41) is 0. The third kappa shape index (κ3) is 2.70. The molecule has 2 fully saturated rings. The lowest BCUT2D eigenvalue weighted by molar-refractivity contribution is -0.127. The number of amides is 2. The molecule has 9 heteroatoms. The summed E-state index contributed by atoms with van der Waals surface area (Å²) in [6.45, 7) is 1.41. The number of aryl methyl sites for hydroxylation is 1. The minimum atomic E-state index is -3.81. The van der Waals surface area contributed by atoms with Gasteiger partial charge >= 0.3 is 6.09 Å². The van der Waals surface area contributed by atoms with Crippen molar-refractivity contribution >= 4 is 22.0 Å². The summed E-state index contributed by atoms with van der Waals surface area (Å²) in [6, 6.07) is 2.94. The predicted octanol–water partition coefficient (Wildman–Crippen LogP) is 0.876. The highest BCUT2D eigenvalue weighted by molar-refractivity contribution is 7.89. The number of imide groups is 1. The smallest absolute Gasteiger partial charge is 0.417 e. The molecule has 2 saturated heterocycles. The van der Waals surface area contributed by atoms with Crippen LogP contribution in [0.2, 0.25) is 0 Å². The number of ether oxygens (including phenoxy) is 1. The number of hydrogen-bond donors (Lipinski definition) is 0. The molecule has 0 N–H and O–H groups in total. The first kappa shape index (κ1) is 15.9. The Hall–Kier alpha value is -2.00. The molecule has 1 aromatic rings. The third-order valence-electron chi connectivity index (χ3n) is 4.03. The van der Waals surface area contributed by atoms with Gasteiger partial charge in [0.1, 0.15) is 5.82 Å². The maximum absolute atomic E-state index is 13.2. The van der Waals surface area contributed by atoms with Gasteiger partial charge in [0.25, 0.3) is 5.91 Å². The summed E-state index contributed by atoms with van der Waals surface area (Å²) in [5.74, 6) is -0.969. The highest BCUT2D eigenvalue weighted by atomic mass is 32.2. The van der Waals surface area contributed by atoms with Gasteiger partial charge in [-0.1, -0.05) is 0 Å². The highest BCUT2D eigenvalue weighted by Gasteiger charge is 2.43. The van der Waals surface area contributed by atoms with Crippen molar-refractivity contribution in [3.05, 3.63) is 29.6 Å². The van der Waals surface area contributed by atoms with Crippen LogP contribution in [0.4, 0.5) is 9.18 Å². The van der Waals surface area contributed by atoms with E-state index in [0.29, 0.717) is 12.0 Å². The standard InChI is InChI=1S/C14H15FN2O5S/c1-9-6-10(15)2-3-12(9)23(20,21)16-5-4-11(7-16)17-13(18)8-22-14(17)19/h2-3,6,11H,4-5,7-8H2,1H3. The Bertz CT molecular complexity index is 763. The summed E-state index contributed by atoms with van der Waals surface area (Å²) in [4.78, 5) is 24.2. The van der Waals surface area contributed by atoms with Crippen LogP contribution in [-0.2, 0) is 19.6 Å². The molecule has 2 aliphatic heterocycles. The normalized spacial score (nSPS) is 22.7. The van der Waals surface area contributed by atoms with Crippen LogP contribution < -0.4 is 0 Å². The molecule has 2 aliphatic rings. The Kier molecular flexibility index (Phi) is 3.85. The number of cyclic esters (lactones) is 1. The molecule has 2 heterocycles. The predicted molar refractivity (Wildman–Crippen MR) is 76.5 cm³/mol. The van der Waals surface area contributed by atoms with Crippen LogP contribution >= 0.6 is 0 Å². The van der Waals surface area contributed by atoms with Crippen LogP contribution in [0.5, 0.6) is 0 Å². The fraction of sp³-hybridized carbons (Fsp3) is 0.429. The second kappa shape index (κ2) is 5.57. The third-order valence-corrected chi connectivity index (χ3v) is 6.06. The van der Waals surface area contributed by atoms with Crippen LogP contribution in [0, 0.1) is 12.7 Å². The lowest BCUT2D eigenvalue weighted by Crippen LogP contribution is -2.42. The summed E-state index contributed by atoms with van der Waals surface area (Å²) >= 11 is 0. The van der Waals surface area contributed by atoms with Gasteiger partial charge in [-0.05, 0) is 37.1 Å². The highest BCUT2D eigenvalue weighted by Crippen LogP contribution is 2.27. The Labute approximate surface area is 132 Å². The minimum Gasteiger partial charge on any atom is -0.439 e. The van der Waals surface area contributed by atoms with Gasteiger partial charge in [-0.3, -0.25) is 4.79 Å². The number of rotatable bonds is 3. The van der Waals surface area contributed by atoms with Crippen LogP contribution in [-0.4, -0.2) is 55.4 Å². The summed E-state index contributed by atoms with van der Waals surface area (Å²) in [5.41, 5.74) is 0.310. The van der Waals surface area contributed by atoms with Gasteiger partial charge in [0.05, 0.1) is 10.9 Å². The van der Waals surface area contributed by atoms with Crippen molar-refractivity contribution in [1.29, 1.82) is 0 Å². The number of carbonyl (C=O) groups excluding carboxylic acids is 2. The average Bonchev–Trinajstić information content (AvgIpc) is 3.06. The summed E-state index contributed by atoms with van der Waals surface area (Å²) in [6.07, 6.45) is -0.391. The van der Waals surface area contributed by atoms with Gasteiger partial charge in [0.15, 0.2) is 6.61 Å². The van der Waals surface area contributed by atoms with E-state index < -0.39 is 33.9 Å². The van der Waals surface area contributed by atoms with Gasteiger partial charge in [-0.25, -0.2) is 22.5 Å². The molecule has 124 valence electrons. The van der Waals surface area contributed by atoms with Crippen molar-refractivity contribution in [2.45, 2.75) is 24.3 Å². The first-order valence-corrected chi connectivity index (χ1v) is 8.50. The topological polar surface area (TPSA) is 84.0 Å². The van der Waals surface area contributed by atoms with E-state index in [1.165, 1.54) is 17.3 Å². The molecule has 3 rings (SSSR count). The van der Waals surface area contributed by atoms with Gasteiger partial charge in [0.2, 0.25) is 10.0 Å². The molecule has 0 aromatic heterocycles. The Morgan fingerprint density at radius 3 is 2.65 bits per heavy atom. The summed E-state index contributed by atoms with van der Waals surface area (Å²) < 4.78 is 44.4. The molecule has 0 aliphatic carbocycles. The SMILES string of the molecule is Cc1cc(F)ccc1S(=O)(=O)N1CCC(N2C(=O)COC2=O)C1. The number of nitrogens with zero attached hydrogens (tertiary/aromatic N) is 2. The van der Waals surface area contributed by atoms with Crippen LogP contribution in [0.15, 0.2) is 23.1 Å². The molecule has 1 unspecified atom stereocenters. The second-order valence-corrected chi connectivity index (χ2v) is 7.44. The molecular weight excluding hydrogens is 327 g/mol. The number of halogens is 1. The quantitative estimate of drug-likeness (QED) is 0.814. The Balaban J connectivity index is 1.83. The van der Waals surface area contributed by atoms with Gasteiger partial charge in [0, 0.05) is 13.1 Å². The second-order valence-electron chi connectivity index (χ2n) is 5.53. The van der Waals surface area contributed by atoms with Crippen molar-refractivity contribution in [3.8, 4) is 0 Å². The van der Waals surface area contributed by atoms with Gasteiger partial charge in [-0.15, -0.1) is 0 Å². The van der Waals surface area contributed by atoms with Crippen molar-refractivity contribution < 1.29 is 27.1 Å². The molecule has 0 saturated carbocycles. The Morgan fingerprint density at radius 2 is 2.04 bits per heavy atom. The van der Waals surface area contributed by atoms with Crippen LogP contribution in [0.25, 0.3) is 0 Å². The fourth-order valence-corrected chi connectivity index (χ4v) is 4.60. The number of carbonyl (C=O) groups is 2. The van der Waals surface area contributed by atoms with Gasteiger partial charge < -0.3 is 4.74 Å². The zero-order chi connectivity index (χ0) is 16.8. The average molecular weight is 342 g/mol. The van der Waals surface area contributed by atoms with E-state index in [-0.39, 0.29) is 24.6 Å².